The molecule has 12 aromatic rings. The van der Waals surface area contributed by atoms with Gasteiger partial charge in [0.2, 0.25) is 0 Å². The van der Waals surface area contributed by atoms with Gasteiger partial charge in [-0.1, -0.05) is 146 Å². The van der Waals surface area contributed by atoms with Gasteiger partial charge in [-0.3, -0.25) is 0 Å². The summed E-state index contributed by atoms with van der Waals surface area (Å²) in [5.74, 6) is 0.816. The molecule has 12 rings (SSSR count). The van der Waals surface area contributed by atoms with Crippen molar-refractivity contribution in [1.82, 2.24) is 4.57 Å². The molecule has 55 heavy (non-hydrogen) atoms. The minimum absolute atomic E-state index is 0.816. The lowest BCUT2D eigenvalue weighted by Gasteiger charge is -2.19. The van der Waals surface area contributed by atoms with E-state index in [9.17, 15) is 0 Å². The van der Waals surface area contributed by atoms with E-state index in [1.165, 1.54) is 54.5 Å². The molecule has 0 amide bonds. The molecule has 9 aromatic carbocycles. The molecule has 0 aliphatic heterocycles. The van der Waals surface area contributed by atoms with E-state index in [0.29, 0.717) is 0 Å². The Bertz CT molecular complexity index is 3420. The third kappa shape index (κ3) is 4.32. The largest absolute Gasteiger partial charge is 0.455 e. The number of para-hydroxylation sites is 3. The van der Waals surface area contributed by atoms with E-state index in [4.69, 9.17) is 8.83 Å². The lowest BCUT2D eigenvalue weighted by Crippen LogP contribution is -1.94. The van der Waals surface area contributed by atoms with Crippen LogP contribution in [-0.4, -0.2) is 4.57 Å². The van der Waals surface area contributed by atoms with Crippen molar-refractivity contribution in [3.05, 3.63) is 188 Å². The quantitative estimate of drug-likeness (QED) is 0.171. The van der Waals surface area contributed by atoms with Crippen LogP contribution in [0.2, 0.25) is 0 Å². The first-order valence-corrected chi connectivity index (χ1v) is 18.8. The second kappa shape index (κ2) is 11.6. The Labute approximate surface area is 315 Å². The van der Waals surface area contributed by atoms with Crippen LogP contribution in [0.5, 0.6) is 0 Å². The van der Waals surface area contributed by atoms with Crippen LogP contribution < -0.4 is 0 Å². The minimum atomic E-state index is 0.816. The van der Waals surface area contributed by atoms with Crippen LogP contribution in [0, 0.1) is 0 Å². The monoisotopic (exact) mass is 701 g/mol. The molecule has 0 aliphatic carbocycles. The van der Waals surface area contributed by atoms with Crippen LogP contribution in [0.1, 0.15) is 0 Å². The summed E-state index contributed by atoms with van der Waals surface area (Å²) in [4.78, 5) is 0. The van der Waals surface area contributed by atoms with E-state index in [1.54, 1.807) is 0 Å². The van der Waals surface area contributed by atoms with Crippen LogP contribution in [0.4, 0.5) is 0 Å². The van der Waals surface area contributed by atoms with Crippen molar-refractivity contribution >= 4 is 76.3 Å². The Morgan fingerprint density at radius 2 is 0.909 bits per heavy atom. The number of furan rings is 2. The van der Waals surface area contributed by atoms with Gasteiger partial charge in [-0.25, -0.2) is 0 Å². The van der Waals surface area contributed by atoms with Crippen molar-refractivity contribution in [3.8, 4) is 39.3 Å². The smallest absolute Gasteiger partial charge is 0.146 e. The average molecular weight is 702 g/mol. The maximum atomic E-state index is 6.94. The Hall–Kier alpha value is -7.36. The first-order chi connectivity index (χ1) is 27.3. The van der Waals surface area contributed by atoms with Crippen molar-refractivity contribution in [2.75, 3.05) is 0 Å². The van der Waals surface area contributed by atoms with Crippen LogP contribution in [0.15, 0.2) is 197 Å². The second-order valence-electron chi connectivity index (χ2n) is 14.3. The zero-order valence-electron chi connectivity index (χ0n) is 29.7. The van der Waals surface area contributed by atoms with E-state index in [0.717, 1.165) is 61.0 Å². The highest BCUT2D eigenvalue weighted by atomic mass is 16.3. The zero-order valence-corrected chi connectivity index (χ0v) is 29.7. The molecule has 0 N–H and O–H groups in total. The standard InChI is InChI=1S/C52H31NO2/c1-3-16-32(17-4-1)47-31-43-51-41(34-20-12-14-29-46(34)54-51)30-42(52(43)55-47)49-37-23-9-7-21-35(37)48(36-22-8-10-24-38(36)49)40-26-15-28-45-50(40)39-25-11-13-27-44(39)53(45)33-18-5-2-6-19-33/h1-31H. The number of fused-ring (bicyclic) bond motifs is 10. The summed E-state index contributed by atoms with van der Waals surface area (Å²) in [6, 6.07) is 67.1. The Kier molecular flexibility index (Phi) is 6.34. The fourth-order valence-corrected chi connectivity index (χ4v) is 9.10. The highest BCUT2D eigenvalue weighted by molar-refractivity contribution is 6.29. The number of nitrogens with zero attached hydrogens (tertiary/aromatic N) is 1. The topological polar surface area (TPSA) is 31.2 Å². The fourth-order valence-electron chi connectivity index (χ4n) is 9.10. The molecule has 3 heteroatoms. The van der Waals surface area contributed by atoms with Gasteiger partial charge in [0.25, 0.3) is 0 Å². The second-order valence-corrected chi connectivity index (χ2v) is 14.3. The molecule has 0 aliphatic rings. The van der Waals surface area contributed by atoms with Gasteiger partial charge in [0.1, 0.15) is 22.5 Å². The molecule has 0 fully saturated rings. The maximum Gasteiger partial charge on any atom is 0.146 e. The molecule has 3 heterocycles. The predicted molar refractivity (Wildman–Crippen MR) is 229 cm³/mol. The number of rotatable bonds is 4. The molecule has 0 spiro atoms. The third-order valence-corrected chi connectivity index (χ3v) is 11.4. The molecule has 0 unspecified atom stereocenters. The predicted octanol–water partition coefficient (Wildman–Crippen LogP) is 14.7. The Balaban J connectivity index is 1.23. The minimum Gasteiger partial charge on any atom is -0.455 e. The first-order valence-electron chi connectivity index (χ1n) is 18.8. The summed E-state index contributed by atoms with van der Waals surface area (Å²) < 4.78 is 15.9. The van der Waals surface area contributed by atoms with Gasteiger partial charge in [0.05, 0.1) is 16.4 Å². The normalized spacial score (nSPS) is 12.0. The van der Waals surface area contributed by atoms with Crippen LogP contribution in [0.3, 0.4) is 0 Å². The van der Waals surface area contributed by atoms with Gasteiger partial charge in [-0.05, 0) is 75.1 Å². The molecule has 0 saturated heterocycles. The van der Waals surface area contributed by atoms with Gasteiger partial charge >= 0.3 is 0 Å². The molecular formula is C52H31NO2. The average Bonchev–Trinajstić information content (AvgIpc) is 3.96. The van der Waals surface area contributed by atoms with Crippen molar-refractivity contribution < 1.29 is 8.83 Å². The molecule has 0 radical (unpaired) electrons. The molecule has 0 atom stereocenters. The number of hydrogen-bond donors (Lipinski definition) is 0. The third-order valence-electron chi connectivity index (χ3n) is 11.4. The molecular weight excluding hydrogens is 671 g/mol. The van der Waals surface area contributed by atoms with Gasteiger partial charge in [-0.2, -0.15) is 0 Å². The summed E-state index contributed by atoms with van der Waals surface area (Å²) in [6.07, 6.45) is 0. The number of benzene rings is 9. The fraction of sp³-hybridized carbons (Fsp3) is 0. The van der Waals surface area contributed by atoms with E-state index in [2.05, 4.69) is 174 Å². The van der Waals surface area contributed by atoms with Gasteiger partial charge in [0, 0.05) is 43.9 Å². The van der Waals surface area contributed by atoms with E-state index < -0.39 is 0 Å². The van der Waals surface area contributed by atoms with Crippen molar-refractivity contribution in [3.63, 3.8) is 0 Å². The first kappa shape index (κ1) is 30.1. The van der Waals surface area contributed by atoms with Crippen molar-refractivity contribution in [2.24, 2.45) is 0 Å². The summed E-state index contributed by atoms with van der Waals surface area (Å²) >= 11 is 0. The Morgan fingerprint density at radius 3 is 1.62 bits per heavy atom. The number of hydrogen-bond acceptors (Lipinski definition) is 2. The van der Waals surface area contributed by atoms with Gasteiger partial charge < -0.3 is 13.4 Å². The van der Waals surface area contributed by atoms with Crippen molar-refractivity contribution in [1.29, 1.82) is 0 Å². The van der Waals surface area contributed by atoms with E-state index in [-0.39, 0.29) is 0 Å². The SMILES string of the molecule is c1ccc(-c2cc3c(o2)c(-c2c4ccccc4c(-c4cccc5c4c4ccccc4n5-c4ccccc4)c4ccccc24)cc2c4ccccc4oc32)cc1. The van der Waals surface area contributed by atoms with Crippen LogP contribution >= 0.6 is 0 Å². The Morgan fingerprint density at radius 1 is 0.345 bits per heavy atom. The van der Waals surface area contributed by atoms with Crippen LogP contribution in [0.25, 0.3) is 116 Å². The van der Waals surface area contributed by atoms with Crippen molar-refractivity contribution in [2.45, 2.75) is 0 Å². The van der Waals surface area contributed by atoms with Gasteiger partial charge in [0.15, 0.2) is 0 Å². The highest BCUT2D eigenvalue weighted by Gasteiger charge is 2.25. The summed E-state index contributed by atoms with van der Waals surface area (Å²) in [7, 11) is 0. The lowest BCUT2D eigenvalue weighted by molar-refractivity contribution is 0.632. The van der Waals surface area contributed by atoms with E-state index in [1.807, 2.05) is 18.2 Å². The van der Waals surface area contributed by atoms with E-state index >= 15 is 0 Å². The molecule has 256 valence electrons. The summed E-state index contributed by atoms with van der Waals surface area (Å²) in [5, 5.41) is 10.4. The zero-order chi connectivity index (χ0) is 36.0. The molecule has 0 bridgehead atoms. The number of aromatic nitrogens is 1. The summed E-state index contributed by atoms with van der Waals surface area (Å²) in [5.41, 5.74) is 11.7. The maximum absolute atomic E-state index is 6.94. The summed E-state index contributed by atoms with van der Waals surface area (Å²) in [6.45, 7) is 0. The molecule has 3 aromatic heterocycles. The van der Waals surface area contributed by atoms with Crippen LogP contribution in [-0.2, 0) is 0 Å². The molecule has 0 saturated carbocycles. The molecule has 3 nitrogen and oxygen atoms in total. The van der Waals surface area contributed by atoms with Gasteiger partial charge in [-0.15, -0.1) is 0 Å². The highest BCUT2D eigenvalue weighted by Crippen LogP contribution is 2.50. The lowest BCUT2D eigenvalue weighted by atomic mass is 9.84.